The number of nitrogens with zero attached hydrogens (tertiary/aromatic N) is 3. The van der Waals surface area contributed by atoms with Gasteiger partial charge in [0.25, 0.3) is 0 Å². The van der Waals surface area contributed by atoms with Crippen molar-refractivity contribution in [2.45, 2.75) is 25.7 Å². The maximum atomic E-state index is 13.2. The molecule has 1 aromatic carbocycles. The van der Waals surface area contributed by atoms with E-state index in [0.717, 1.165) is 25.2 Å². The van der Waals surface area contributed by atoms with Gasteiger partial charge in [0.15, 0.2) is 5.69 Å². The molecule has 0 unspecified atom stereocenters. The van der Waals surface area contributed by atoms with E-state index >= 15 is 0 Å². The van der Waals surface area contributed by atoms with Gasteiger partial charge in [0, 0.05) is 19.0 Å². The largest absolute Gasteiger partial charge is 0.476 e. The number of aromatic nitrogens is 2. The molecule has 1 saturated heterocycles. The van der Waals surface area contributed by atoms with E-state index in [-0.39, 0.29) is 17.4 Å². The predicted octanol–water partition coefficient (Wildman–Crippen LogP) is 2.97. The monoisotopic (exact) mass is 358 g/mol. The van der Waals surface area contributed by atoms with Crippen molar-refractivity contribution in [3.8, 4) is 0 Å². The van der Waals surface area contributed by atoms with Crippen LogP contribution in [-0.2, 0) is 0 Å². The van der Waals surface area contributed by atoms with E-state index in [9.17, 15) is 14.3 Å². The Morgan fingerprint density at radius 1 is 1.31 bits per heavy atom. The van der Waals surface area contributed by atoms with Crippen LogP contribution in [0.15, 0.2) is 30.5 Å². The smallest absolute Gasteiger partial charge is 0.356 e. The number of carboxylic acids is 1. The Hall–Kier alpha value is -2.54. The number of benzene rings is 1. The second-order valence-corrected chi connectivity index (χ2v) is 6.54. The van der Waals surface area contributed by atoms with Gasteiger partial charge >= 0.3 is 5.97 Å². The fraction of sp³-hybridized carbons (Fsp3) is 0.421. The van der Waals surface area contributed by atoms with Gasteiger partial charge in [0.2, 0.25) is 0 Å². The second-order valence-electron chi connectivity index (χ2n) is 6.54. The van der Waals surface area contributed by atoms with Crippen molar-refractivity contribution >= 4 is 11.8 Å². The van der Waals surface area contributed by atoms with Crippen LogP contribution in [0.25, 0.3) is 0 Å². The van der Waals surface area contributed by atoms with E-state index in [1.54, 1.807) is 12.1 Å². The molecule has 0 spiro atoms. The van der Waals surface area contributed by atoms with Gasteiger partial charge in [0.1, 0.15) is 11.6 Å². The number of likely N-dealkylation sites (tertiary alicyclic amines) is 1. The lowest BCUT2D eigenvalue weighted by molar-refractivity contribution is 0.0689. The molecule has 1 aliphatic rings. The number of rotatable bonds is 7. The van der Waals surface area contributed by atoms with Crippen LogP contribution in [0, 0.1) is 5.82 Å². The summed E-state index contributed by atoms with van der Waals surface area (Å²) in [4.78, 5) is 22.2. The van der Waals surface area contributed by atoms with Crippen LogP contribution in [0.4, 0.5) is 10.2 Å². The van der Waals surface area contributed by atoms with Crippen molar-refractivity contribution in [3.05, 3.63) is 53.2 Å². The number of hydrogen-bond acceptors (Lipinski definition) is 5. The Balaban J connectivity index is 1.80. The highest BCUT2D eigenvalue weighted by atomic mass is 19.1. The van der Waals surface area contributed by atoms with Crippen LogP contribution in [0.1, 0.15) is 47.4 Å². The van der Waals surface area contributed by atoms with Gasteiger partial charge in [-0.2, -0.15) is 0 Å². The Bertz CT molecular complexity index is 761. The molecule has 1 aromatic heterocycles. The van der Waals surface area contributed by atoms with E-state index in [1.807, 2.05) is 6.92 Å². The fourth-order valence-corrected chi connectivity index (χ4v) is 3.19. The molecule has 26 heavy (non-hydrogen) atoms. The lowest BCUT2D eigenvalue weighted by Crippen LogP contribution is -2.26. The standard InChI is InChI=1S/C19H23FN4O2/c1-13(14-4-6-15(20)7-5-14)17-18(22-12-16(23-17)19(25)26)21-8-11-24-9-2-3-10-24/h4-7,12-13H,2-3,8-11H2,1H3,(H,21,22)(H,25,26)/t13-/m1/s1. The zero-order chi connectivity index (χ0) is 18.5. The molecule has 0 saturated carbocycles. The number of carboxylic acid groups (broad SMARTS) is 1. The lowest BCUT2D eigenvalue weighted by Gasteiger charge is -2.19. The minimum Gasteiger partial charge on any atom is -0.476 e. The summed E-state index contributed by atoms with van der Waals surface area (Å²) in [6.07, 6.45) is 3.74. The first-order chi connectivity index (χ1) is 12.5. The topological polar surface area (TPSA) is 78.3 Å². The molecule has 1 aliphatic heterocycles. The summed E-state index contributed by atoms with van der Waals surface area (Å²) >= 11 is 0. The minimum absolute atomic E-state index is 0.0981. The van der Waals surface area contributed by atoms with Gasteiger partial charge in [-0.1, -0.05) is 19.1 Å². The first-order valence-electron chi connectivity index (χ1n) is 8.86. The van der Waals surface area contributed by atoms with Gasteiger partial charge in [-0.05, 0) is 43.6 Å². The van der Waals surface area contributed by atoms with Gasteiger partial charge in [0.05, 0.1) is 11.9 Å². The highest BCUT2D eigenvalue weighted by Gasteiger charge is 2.19. The molecule has 1 fully saturated rings. The van der Waals surface area contributed by atoms with Gasteiger partial charge < -0.3 is 15.3 Å². The van der Waals surface area contributed by atoms with Crippen molar-refractivity contribution in [1.82, 2.24) is 14.9 Å². The quantitative estimate of drug-likeness (QED) is 0.792. The summed E-state index contributed by atoms with van der Waals surface area (Å²) in [7, 11) is 0. The number of nitrogens with one attached hydrogen (secondary N) is 1. The fourth-order valence-electron chi connectivity index (χ4n) is 3.19. The van der Waals surface area contributed by atoms with E-state index < -0.39 is 5.97 Å². The zero-order valence-corrected chi connectivity index (χ0v) is 14.8. The van der Waals surface area contributed by atoms with E-state index in [1.165, 1.54) is 31.2 Å². The normalized spacial score (nSPS) is 15.8. The summed E-state index contributed by atoms with van der Waals surface area (Å²) in [5.74, 6) is -1.06. The number of hydrogen-bond donors (Lipinski definition) is 2. The van der Waals surface area contributed by atoms with Crippen molar-refractivity contribution in [1.29, 1.82) is 0 Å². The SMILES string of the molecule is C[C@H](c1ccc(F)cc1)c1nc(C(=O)O)cnc1NCCN1CCCC1. The lowest BCUT2D eigenvalue weighted by atomic mass is 9.97. The molecule has 0 bridgehead atoms. The third kappa shape index (κ3) is 4.35. The Morgan fingerprint density at radius 2 is 2.00 bits per heavy atom. The van der Waals surface area contributed by atoms with Crippen molar-refractivity contribution in [3.63, 3.8) is 0 Å². The van der Waals surface area contributed by atoms with Crippen LogP contribution in [0.2, 0.25) is 0 Å². The average Bonchev–Trinajstić information content (AvgIpc) is 3.15. The third-order valence-corrected chi connectivity index (χ3v) is 4.72. The highest BCUT2D eigenvalue weighted by Crippen LogP contribution is 2.27. The molecule has 6 nitrogen and oxygen atoms in total. The van der Waals surface area contributed by atoms with Crippen molar-refractivity contribution < 1.29 is 14.3 Å². The molecular weight excluding hydrogens is 335 g/mol. The minimum atomic E-state index is -1.12. The maximum absolute atomic E-state index is 13.2. The first-order valence-corrected chi connectivity index (χ1v) is 8.86. The summed E-state index contributed by atoms with van der Waals surface area (Å²) in [6, 6.07) is 6.15. The van der Waals surface area contributed by atoms with Crippen LogP contribution >= 0.6 is 0 Å². The Kier molecular flexibility index (Phi) is 5.78. The van der Waals surface area contributed by atoms with Crippen LogP contribution in [0.3, 0.4) is 0 Å². The molecule has 0 amide bonds. The number of anilines is 1. The summed E-state index contributed by atoms with van der Waals surface area (Å²) < 4.78 is 13.2. The number of carbonyl (C=O) groups is 1. The molecule has 1 atom stereocenters. The van der Waals surface area contributed by atoms with E-state index in [4.69, 9.17) is 0 Å². The van der Waals surface area contributed by atoms with Crippen LogP contribution < -0.4 is 5.32 Å². The molecule has 7 heteroatoms. The molecular formula is C19H23FN4O2. The van der Waals surface area contributed by atoms with Gasteiger partial charge in [-0.3, -0.25) is 0 Å². The number of aromatic carboxylic acids is 1. The molecule has 3 rings (SSSR count). The molecule has 0 aliphatic carbocycles. The zero-order valence-electron chi connectivity index (χ0n) is 14.8. The molecule has 2 heterocycles. The van der Waals surface area contributed by atoms with Crippen LogP contribution in [-0.4, -0.2) is 52.1 Å². The molecule has 0 radical (unpaired) electrons. The van der Waals surface area contributed by atoms with Crippen molar-refractivity contribution in [2.75, 3.05) is 31.5 Å². The van der Waals surface area contributed by atoms with Crippen LogP contribution in [0.5, 0.6) is 0 Å². The van der Waals surface area contributed by atoms with Gasteiger partial charge in [-0.15, -0.1) is 0 Å². The highest BCUT2D eigenvalue weighted by molar-refractivity contribution is 5.85. The average molecular weight is 358 g/mol. The molecule has 2 N–H and O–H groups in total. The Morgan fingerprint density at radius 3 is 2.65 bits per heavy atom. The molecule has 138 valence electrons. The predicted molar refractivity (Wildman–Crippen MR) is 97.1 cm³/mol. The van der Waals surface area contributed by atoms with Gasteiger partial charge in [-0.25, -0.2) is 19.2 Å². The number of halogens is 1. The van der Waals surface area contributed by atoms with Crippen molar-refractivity contribution in [2.24, 2.45) is 0 Å². The molecule has 2 aromatic rings. The summed E-state index contributed by atoms with van der Waals surface area (Å²) in [5, 5.41) is 12.5. The summed E-state index contributed by atoms with van der Waals surface area (Å²) in [6.45, 7) is 5.76. The Labute approximate surface area is 152 Å². The first kappa shape index (κ1) is 18.3. The third-order valence-electron chi connectivity index (χ3n) is 4.72. The second kappa shape index (κ2) is 8.23. The van der Waals surface area contributed by atoms with E-state index in [0.29, 0.717) is 18.1 Å². The maximum Gasteiger partial charge on any atom is 0.356 e. The summed E-state index contributed by atoms with van der Waals surface area (Å²) in [5.41, 5.74) is 1.31. The van der Waals surface area contributed by atoms with E-state index in [2.05, 4.69) is 20.2 Å².